The molecule has 0 N–H and O–H groups in total. The van der Waals surface area contributed by atoms with Crippen molar-refractivity contribution in [1.29, 1.82) is 0 Å². The van der Waals surface area contributed by atoms with Crippen LogP contribution in [0, 0.1) is 6.92 Å². The molecule has 0 spiro atoms. The van der Waals surface area contributed by atoms with E-state index in [-0.39, 0.29) is 31.0 Å². The number of carbonyl (C=O) groups excluding carboxylic acids is 2. The van der Waals surface area contributed by atoms with Crippen molar-refractivity contribution in [3.8, 4) is 11.3 Å². The van der Waals surface area contributed by atoms with E-state index in [0.717, 1.165) is 30.0 Å². The molecule has 0 aliphatic carbocycles. The fraction of sp³-hybridized carbons (Fsp3) is 0.350. The zero-order valence-electron chi connectivity index (χ0n) is 15.7. The molecule has 0 saturated heterocycles. The monoisotopic (exact) mass is 379 g/mol. The Labute approximate surface area is 162 Å². The summed E-state index contributed by atoms with van der Waals surface area (Å²) in [6, 6.07) is 7.34. The van der Waals surface area contributed by atoms with Gasteiger partial charge in [-0.2, -0.15) is 5.10 Å². The van der Waals surface area contributed by atoms with Gasteiger partial charge in [-0.15, -0.1) is 0 Å². The van der Waals surface area contributed by atoms with Crippen molar-refractivity contribution in [2.24, 2.45) is 0 Å². The largest absolute Gasteiger partial charge is 0.360 e. The van der Waals surface area contributed by atoms with Crippen LogP contribution < -0.4 is 4.90 Å². The molecule has 4 rings (SSSR count). The SMILES string of the molecule is Cc1cc2n(n1)CCCN2C(=O)CCC(=O)Cc1cc(-c2cccnc2)no1. The molecule has 0 atom stereocenters. The summed E-state index contributed by atoms with van der Waals surface area (Å²) in [5, 5.41) is 8.38. The van der Waals surface area contributed by atoms with Gasteiger partial charge in [-0.3, -0.25) is 19.5 Å². The number of anilines is 1. The second-order valence-electron chi connectivity index (χ2n) is 6.90. The van der Waals surface area contributed by atoms with Crippen molar-refractivity contribution >= 4 is 17.5 Å². The molecule has 0 fully saturated rings. The summed E-state index contributed by atoms with van der Waals surface area (Å²) in [6.07, 6.45) is 4.70. The van der Waals surface area contributed by atoms with Gasteiger partial charge < -0.3 is 4.52 Å². The molecule has 28 heavy (non-hydrogen) atoms. The average Bonchev–Trinajstić information content (AvgIpc) is 3.32. The van der Waals surface area contributed by atoms with Crippen LogP contribution in [0.4, 0.5) is 5.82 Å². The van der Waals surface area contributed by atoms with E-state index in [1.54, 1.807) is 23.4 Å². The fourth-order valence-corrected chi connectivity index (χ4v) is 3.37. The molecule has 1 amide bonds. The lowest BCUT2D eigenvalue weighted by molar-refractivity contribution is -0.124. The van der Waals surface area contributed by atoms with Crippen LogP contribution in [0.3, 0.4) is 0 Å². The molecule has 0 saturated carbocycles. The van der Waals surface area contributed by atoms with Crippen molar-refractivity contribution in [3.63, 3.8) is 0 Å². The standard InChI is InChI=1S/C20H21N5O3/c1-14-10-19-24(8-3-9-25(19)22-14)20(27)6-5-16(26)11-17-12-18(23-28-17)15-4-2-7-21-13-15/h2,4,7,10,12-13H,3,5-6,8-9,11H2,1H3. The zero-order valence-corrected chi connectivity index (χ0v) is 15.7. The number of hydrogen-bond acceptors (Lipinski definition) is 6. The third kappa shape index (κ3) is 3.85. The number of aromatic nitrogens is 4. The number of nitrogens with zero attached hydrogens (tertiary/aromatic N) is 5. The molecule has 4 heterocycles. The Balaban J connectivity index is 1.33. The molecule has 1 aliphatic heterocycles. The van der Waals surface area contributed by atoms with Gasteiger partial charge >= 0.3 is 0 Å². The molecule has 3 aromatic rings. The highest BCUT2D eigenvalue weighted by Crippen LogP contribution is 2.23. The number of aryl methyl sites for hydroxylation is 2. The molecule has 144 valence electrons. The van der Waals surface area contributed by atoms with E-state index in [1.165, 1.54) is 0 Å². The zero-order chi connectivity index (χ0) is 19.5. The van der Waals surface area contributed by atoms with Gasteiger partial charge in [0.05, 0.1) is 12.1 Å². The number of pyridine rings is 1. The first-order chi connectivity index (χ1) is 13.6. The summed E-state index contributed by atoms with van der Waals surface area (Å²) in [6.45, 7) is 3.39. The lowest BCUT2D eigenvalue weighted by Gasteiger charge is -2.27. The Morgan fingerprint density at radius 3 is 2.93 bits per heavy atom. The van der Waals surface area contributed by atoms with Crippen LogP contribution in [-0.2, 0) is 22.6 Å². The second kappa shape index (κ2) is 7.75. The van der Waals surface area contributed by atoms with Gasteiger partial charge in [-0.05, 0) is 25.5 Å². The molecule has 3 aromatic heterocycles. The molecule has 1 aliphatic rings. The number of hydrogen-bond donors (Lipinski definition) is 0. The first kappa shape index (κ1) is 18.1. The normalized spacial score (nSPS) is 13.4. The van der Waals surface area contributed by atoms with Gasteiger partial charge in [-0.1, -0.05) is 5.16 Å². The summed E-state index contributed by atoms with van der Waals surface area (Å²) < 4.78 is 7.11. The molecule has 0 radical (unpaired) electrons. The van der Waals surface area contributed by atoms with Crippen LogP contribution in [0.25, 0.3) is 11.3 Å². The average molecular weight is 379 g/mol. The van der Waals surface area contributed by atoms with Crippen molar-refractivity contribution in [1.82, 2.24) is 19.9 Å². The number of carbonyl (C=O) groups is 2. The number of ketones is 1. The molecule has 0 unspecified atom stereocenters. The van der Waals surface area contributed by atoms with E-state index >= 15 is 0 Å². The molecule has 8 heteroatoms. The van der Waals surface area contributed by atoms with Crippen molar-refractivity contribution in [3.05, 3.63) is 48.1 Å². The van der Waals surface area contributed by atoms with Gasteiger partial charge in [-0.25, -0.2) is 4.68 Å². The Morgan fingerprint density at radius 2 is 2.11 bits per heavy atom. The highest BCUT2D eigenvalue weighted by molar-refractivity contribution is 5.95. The maximum Gasteiger partial charge on any atom is 0.228 e. The van der Waals surface area contributed by atoms with Gasteiger partial charge in [0.15, 0.2) is 0 Å². The highest BCUT2D eigenvalue weighted by atomic mass is 16.5. The summed E-state index contributed by atoms with van der Waals surface area (Å²) >= 11 is 0. The van der Waals surface area contributed by atoms with E-state index in [4.69, 9.17) is 4.52 Å². The van der Waals surface area contributed by atoms with E-state index < -0.39 is 0 Å². The minimum absolute atomic E-state index is 0.0519. The number of amides is 1. The molecular formula is C20H21N5O3. The quantitative estimate of drug-likeness (QED) is 0.653. The van der Waals surface area contributed by atoms with E-state index in [0.29, 0.717) is 18.0 Å². The van der Waals surface area contributed by atoms with Crippen LogP contribution in [0.2, 0.25) is 0 Å². The second-order valence-corrected chi connectivity index (χ2v) is 6.90. The minimum atomic E-state index is -0.0529. The molecular weight excluding hydrogens is 358 g/mol. The van der Waals surface area contributed by atoms with Gasteiger partial charge in [0.2, 0.25) is 5.91 Å². The van der Waals surface area contributed by atoms with Gasteiger partial charge in [0.25, 0.3) is 0 Å². The van der Waals surface area contributed by atoms with Crippen LogP contribution in [0.1, 0.15) is 30.7 Å². The molecule has 0 aromatic carbocycles. The predicted octanol–water partition coefficient (Wildman–Crippen LogP) is 2.57. The molecule has 8 nitrogen and oxygen atoms in total. The Kier molecular flexibility index (Phi) is 5.01. The lowest BCUT2D eigenvalue weighted by Crippen LogP contribution is -2.37. The Bertz CT molecular complexity index is 992. The third-order valence-corrected chi connectivity index (χ3v) is 4.72. The predicted molar refractivity (Wildman–Crippen MR) is 102 cm³/mol. The molecule has 0 bridgehead atoms. The topological polar surface area (TPSA) is 94.1 Å². The van der Waals surface area contributed by atoms with Crippen molar-refractivity contribution < 1.29 is 14.1 Å². The fourth-order valence-electron chi connectivity index (χ4n) is 3.37. The van der Waals surface area contributed by atoms with Crippen LogP contribution in [0.5, 0.6) is 0 Å². The van der Waals surface area contributed by atoms with E-state index in [2.05, 4.69) is 15.2 Å². The third-order valence-electron chi connectivity index (χ3n) is 4.72. The lowest BCUT2D eigenvalue weighted by atomic mass is 10.1. The Morgan fingerprint density at radius 1 is 1.21 bits per heavy atom. The minimum Gasteiger partial charge on any atom is -0.360 e. The maximum atomic E-state index is 12.6. The summed E-state index contributed by atoms with van der Waals surface area (Å²) in [7, 11) is 0. The summed E-state index contributed by atoms with van der Waals surface area (Å²) in [5.74, 6) is 1.20. The first-order valence-electron chi connectivity index (χ1n) is 9.32. The van der Waals surface area contributed by atoms with Gasteiger partial charge in [0.1, 0.15) is 23.1 Å². The first-order valence-corrected chi connectivity index (χ1v) is 9.32. The summed E-state index contributed by atoms with van der Waals surface area (Å²) in [4.78, 5) is 30.7. The highest BCUT2D eigenvalue weighted by Gasteiger charge is 2.24. The number of Topliss-reactive ketones (excluding diaryl/α,β-unsaturated/α-hetero) is 1. The van der Waals surface area contributed by atoms with Crippen LogP contribution >= 0.6 is 0 Å². The van der Waals surface area contributed by atoms with Crippen LogP contribution in [0.15, 0.2) is 41.2 Å². The smallest absolute Gasteiger partial charge is 0.228 e. The van der Waals surface area contributed by atoms with E-state index in [1.807, 2.05) is 29.8 Å². The maximum absolute atomic E-state index is 12.6. The van der Waals surface area contributed by atoms with Gasteiger partial charge in [0, 0.05) is 56.0 Å². The van der Waals surface area contributed by atoms with E-state index in [9.17, 15) is 9.59 Å². The Hall–Kier alpha value is -3.29. The number of rotatable bonds is 6. The number of fused-ring (bicyclic) bond motifs is 1. The summed E-state index contributed by atoms with van der Waals surface area (Å²) in [5.41, 5.74) is 2.36. The van der Waals surface area contributed by atoms with Crippen LogP contribution in [-0.4, -0.2) is 38.2 Å². The van der Waals surface area contributed by atoms with Crippen molar-refractivity contribution in [2.45, 2.75) is 39.2 Å². The van der Waals surface area contributed by atoms with Crippen molar-refractivity contribution in [2.75, 3.05) is 11.4 Å².